The van der Waals surface area contributed by atoms with Gasteiger partial charge in [-0.1, -0.05) is 18.2 Å². The molecule has 0 amide bonds. The maximum absolute atomic E-state index is 13.9. The van der Waals surface area contributed by atoms with Gasteiger partial charge in [0.2, 0.25) is 0 Å². The summed E-state index contributed by atoms with van der Waals surface area (Å²) < 4.78 is 15.6. The number of benzene rings is 1. The number of imidazole rings is 1. The molecule has 1 N–H and O–H groups in total. The van der Waals surface area contributed by atoms with E-state index in [0.29, 0.717) is 25.0 Å². The highest BCUT2D eigenvalue weighted by Crippen LogP contribution is 2.37. The number of hydrogen-bond acceptors (Lipinski definition) is 4. The van der Waals surface area contributed by atoms with Gasteiger partial charge < -0.3 is 9.51 Å². The molecule has 5 rings (SSSR count). The largest absolute Gasteiger partial charge is 0.385 e. The van der Waals surface area contributed by atoms with Crippen LogP contribution in [-0.2, 0) is 12.1 Å². The van der Waals surface area contributed by atoms with Crippen molar-refractivity contribution in [1.29, 1.82) is 0 Å². The molecule has 0 bridgehead atoms. The van der Waals surface area contributed by atoms with Crippen LogP contribution < -0.4 is 0 Å². The van der Waals surface area contributed by atoms with E-state index in [2.05, 4.69) is 14.9 Å². The summed E-state index contributed by atoms with van der Waals surface area (Å²) in [7, 11) is 0. The Balaban J connectivity index is 1.34. The van der Waals surface area contributed by atoms with Gasteiger partial charge in [-0.05, 0) is 42.0 Å². The lowest BCUT2D eigenvalue weighted by Gasteiger charge is -2.38. The van der Waals surface area contributed by atoms with E-state index in [4.69, 9.17) is 0 Å². The Labute approximate surface area is 162 Å². The highest BCUT2D eigenvalue weighted by Gasteiger charge is 2.35. The third kappa shape index (κ3) is 2.95. The van der Waals surface area contributed by atoms with Crippen molar-refractivity contribution < 1.29 is 9.50 Å². The summed E-state index contributed by atoms with van der Waals surface area (Å²) >= 11 is 0. The predicted molar refractivity (Wildman–Crippen MR) is 105 cm³/mol. The van der Waals surface area contributed by atoms with E-state index in [1.165, 1.54) is 6.07 Å². The van der Waals surface area contributed by atoms with E-state index in [1.807, 2.05) is 36.7 Å². The first kappa shape index (κ1) is 17.3. The fraction of sp³-hybridized carbons (Fsp3) is 0.273. The number of likely N-dealkylation sites (tertiary alicyclic amines) is 1. The standard InChI is InChI=1S/C22H21FN4O/c23-20-5-2-10-27-15-17(25-21(20)27)14-26-11-7-22(28,8-12-26)19-4-1-3-16-13-24-9-6-18(16)19/h1-6,9-10,13,15,28H,7-8,11-12,14H2. The van der Waals surface area contributed by atoms with Crippen LogP contribution in [0, 0.1) is 5.82 Å². The zero-order chi connectivity index (χ0) is 19.1. The quantitative estimate of drug-likeness (QED) is 0.595. The van der Waals surface area contributed by atoms with E-state index in [9.17, 15) is 9.50 Å². The average Bonchev–Trinajstić information content (AvgIpc) is 3.13. The van der Waals surface area contributed by atoms with Gasteiger partial charge in [0.25, 0.3) is 0 Å². The number of aliphatic hydroxyl groups is 1. The van der Waals surface area contributed by atoms with Crippen molar-refractivity contribution >= 4 is 16.4 Å². The third-order valence-electron chi connectivity index (χ3n) is 5.74. The molecule has 0 atom stereocenters. The van der Waals surface area contributed by atoms with E-state index in [1.54, 1.807) is 22.9 Å². The summed E-state index contributed by atoms with van der Waals surface area (Å²) in [6.45, 7) is 2.17. The SMILES string of the molecule is OC1(c2cccc3cnccc23)CCN(Cc2cn3cccc(F)c3n2)CC1. The fourth-order valence-corrected chi connectivity index (χ4v) is 4.21. The van der Waals surface area contributed by atoms with E-state index < -0.39 is 5.60 Å². The molecule has 1 aliphatic rings. The average molecular weight is 376 g/mol. The number of piperidine rings is 1. The molecule has 0 radical (unpaired) electrons. The number of fused-ring (bicyclic) bond motifs is 2. The first-order valence-electron chi connectivity index (χ1n) is 9.52. The third-order valence-corrected chi connectivity index (χ3v) is 5.74. The molecular formula is C22H21FN4O. The second-order valence-corrected chi connectivity index (χ2v) is 7.53. The number of aromatic nitrogens is 3. The van der Waals surface area contributed by atoms with Crippen LogP contribution in [-0.4, -0.2) is 37.5 Å². The Hall–Kier alpha value is -2.83. The fourth-order valence-electron chi connectivity index (χ4n) is 4.21. The Morgan fingerprint density at radius 2 is 1.96 bits per heavy atom. The lowest BCUT2D eigenvalue weighted by atomic mass is 9.82. The van der Waals surface area contributed by atoms with Crippen LogP contribution in [0.1, 0.15) is 24.1 Å². The Morgan fingerprint density at radius 1 is 1.11 bits per heavy atom. The van der Waals surface area contributed by atoms with Crippen LogP contribution in [0.5, 0.6) is 0 Å². The molecule has 0 unspecified atom stereocenters. The Bertz CT molecular complexity index is 1140. The molecule has 28 heavy (non-hydrogen) atoms. The van der Waals surface area contributed by atoms with Gasteiger partial charge in [0.05, 0.1) is 11.3 Å². The first-order valence-corrected chi connectivity index (χ1v) is 9.52. The van der Waals surface area contributed by atoms with Crippen LogP contribution >= 0.6 is 0 Å². The van der Waals surface area contributed by atoms with Gasteiger partial charge in [0.1, 0.15) is 0 Å². The maximum atomic E-state index is 13.9. The Kier molecular flexibility index (Phi) is 4.10. The highest BCUT2D eigenvalue weighted by atomic mass is 19.1. The van der Waals surface area contributed by atoms with Gasteiger partial charge in [-0.15, -0.1) is 0 Å². The summed E-state index contributed by atoms with van der Waals surface area (Å²) in [5.74, 6) is -0.313. The molecular weight excluding hydrogens is 355 g/mol. The van der Waals surface area contributed by atoms with E-state index in [0.717, 1.165) is 35.1 Å². The van der Waals surface area contributed by atoms with Gasteiger partial charge in [-0.2, -0.15) is 0 Å². The number of nitrogens with zero attached hydrogens (tertiary/aromatic N) is 4. The van der Waals surface area contributed by atoms with Crippen LogP contribution in [0.2, 0.25) is 0 Å². The molecule has 5 nitrogen and oxygen atoms in total. The number of halogens is 1. The summed E-state index contributed by atoms with van der Waals surface area (Å²) in [4.78, 5) is 10.9. The van der Waals surface area contributed by atoms with Crippen LogP contribution in [0.15, 0.2) is 61.2 Å². The molecule has 0 saturated carbocycles. The normalized spacial score (nSPS) is 17.4. The number of hydrogen-bond donors (Lipinski definition) is 1. The van der Waals surface area contributed by atoms with Crippen molar-refractivity contribution in [2.75, 3.05) is 13.1 Å². The van der Waals surface area contributed by atoms with Crippen molar-refractivity contribution in [2.45, 2.75) is 25.0 Å². The molecule has 0 spiro atoms. The molecule has 3 aromatic heterocycles. The molecule has 1 saturated heterocycles. The van der Waals surface area contributed by atoms with Crippen LogP contribution in [0.25, 0.3) is 16.4 Å². The van der Waals surface area contributed by atoms with Gasteiger partial charge in [0.15, 0.2) is 11.5 Å². The number of rotatable bonds is 3. The lowest BCUT2D eigenvalue weighted by Crippen LogP contribution is -2.42. The van der Waals surface area contributed by atoms with Crippen molar-refractivity contribution in [1.82, 2.24) is 19.3 Å². The zero-order valence-corrected chi connectivity index (χ0v) is 15.4. The topological polar surface area (TPSA) is 53.7 Å². The summed E-state index contributed by atoms with van der Waals surface area (Å²) in [6.07, 6.45) is 8.58. The van der Waals surface area contributed by atoms with Gasteiger partial charge in [-0.3, -0.25) is 9.88 Å². The van der Waals surface area contributed by atoms with Crippen molar-refractivity contribution in [3.63, 3.8) is 0 Å². The minimum absolute atomic E-state index is 0.313. The van der Waals surface area contributed by atoms with E-state index >= 15 is 0 Å². The zero-order valence-electron chi connectivity index (χ0n) is 15.4. The minimum Gasteiger partial charge on any atom is -0.385 e. The Morgan fingerprint density at radius 3 is 2.79 bits per heavy atom. The summed E-state index contributed by atoms with van der Waals surface area (Å²) in [6, 6.07) is 11.1. The monoisotopic (exact) mass is 376 g/mol. The lowest BCUT2D eigenvalue weighted by molar-refractivity contribution is -0.0267. The maximum Gasteiger partial charge on any atom is 0.173 e. The molecule has 1 aromatic carbocycles. The second kappa shape index (κ2) is 6.65. The van der Waals surface area contributed by atoms with Crippen molar-refractivity contribution in [3.05, 3.63) is 78.3 Å². The van der Waals surface area contributed by atoms with Crippen molar-refractivity contribution in [2.24, 2.45) is 0 Å². The van der Waals surface area contributed by atoms with Gasteiger partial charge >= 0.3 is 0 Å². The van der Waals surface area contributed by atoms with Crippen LogP contribution in [0.3, 0.4) is 0 Å². The smallest absolute Gasteiger partial charge is 0.173 e. The van der Waals surface area contributed by atoms with Gasteiger partial charge in [-0.25, -0.2) is 9.37 Å². The molecule has 1 fully saturated rings. The number of pyridine rings is 2. The molecule has 4 aromatic rings. The van der Waals surface area contributed by atoms with E-state index in [-0.39, 0.29) is 5.82 Å². The second-order valence-electron chi connectivity index (χ2n) is 7.53. The van der Waals surface area contributed by atoms with Crippen LogP contribution in [0.4, 0.5) is 4.39 Å². The summed E-state index contributed by atoms with van der Waals surface area (Å²) in [5, 5.41) is 13.5. The predicted octanol–water partition coefficient (Wildman–Crippen LogP) is 3.51. The minimum atomic E-state index is -0.845. The molecule has 1 aliphatic heterocycles. The van der Waals surface area contributed by atoms with Gasteiger partial charge in [0, 0.05) is 49.8 Å². The molecule has 0 aliphatic carbocycles. The van der Waals surface area contributed by atoms with Crippen molar-refractivity contribution in [3.8, 4) is 0 Å². The highest BCUT2D eigenvalue weighted by molar-refractivity contribution is 5.85. The summed E-state index contributed by atoms with van der Waals surface area (Å²) in [5.41, 5.74) is 1.33. The first-order chi connectivity index (χ1) is 13.6. The molecule has 142 valence electrons. The molecule has 4 heterocycles. The molecule has 6 heteroatoms.